The van der Waals surface area contributed by atoms with Crippen LogP contribution in [0.2, 0.25) is 5.02 Å². The Bertz CT molecular complexity index is 1370. The van der Waals surface area contributed by atoms with Gasteiger partial charge < -0.3 is 9.88 Å². The van der Waals surface area contributed by atoms with Crippen molar-refractivity contribution in [3.8, 4) is 11.8 Å². The number of imidazole rings is 1. The predicted octanol–water partition coefficient (Wildman–Crippen LogP) is 5.73. The Morgan fingerprint density at radius 2 is 2.03 bits per heavy atom. The second-order valence-electron chi connectivity index (χ2n) is 7.39. The summed E-state index contributed by atoms with van der Waals surface area (Å²) in [5.74, 6) is -0.0117. The number of aromatic nitrogens is 2. The van der Waals surface area contributed by atoms with Gasteiger partial charge in [0.05, 0.1) is 34.8 Å². The maximum Gasteiger partial charge on any atom is 0.223 e. The highest BCUT2D eigenvalue weighted by Crippen LogP contribution is 2.27. The van der Waals surface area contributed by atoms with Gasteiger partial charge in [-0.05, 0) is 50.2 Å². The third kappa shape index (κ3) is 5.08. The first-order valence-electron chi connectivity index (χ1n) is 10.2. The van der Waals surface area contributed by atoms with Crippen LogP contribution in [-0.2, 0) is 0 Å². The number of allylic oxidation sites excluding steroid dienone is 3. The molecule has 1 aliphatic rings. The van der Waals surface area contributed by atoms with Crippen LogP contribution in [0.15, 0.2) is 77.1 Å². The predicted molar refractivity (Wildman–Crippen MR) is 131 cm³/mol. The number of benzene rings is 2. The number of rotatable bonds is 3. The molecule has 1 aliphatic heterocycles. The first-order chi connectivity index (χ1) is 15.9. The molecular weight excluding hydrogens is 439 g/mol. The lowest BCUT2D eigenvalue weighted by Gasteiger charge is -2.12. The number of aliphatic imine (C=N–C) groups is 2. The number of nitrogens with zero attached hydrogens (tertiary/aromatic N) is 5. The van der Waals surface area contributed by atoms with Gasteiger partial charge >= 0.3 is 0 Å². The standard InChI is InChI=1S/C25H20ClFN6/c1-16-14-33(15-30-16)24-9-7-20(11-18(24)13-28)32-25-29-10-4-3-5-21(17(2)31-25)22-8-6-19(27)12-23(22)26/h3-9,11-12,14-15H,10H2,1-2H3,(H,29,32)/b4-3+,21-5?,31-17?. The minimum Gasteiger partial charge on any atom is -0.324 e. The van der Waals surface area contributed by atoms with Crippen LogP contribution in [-0.4, -0.2) is 27.8 Å². The molecule has 0 fully saturated rings. The smallest absolute Gasteiger partial charge is 0.223 e. The molecule has 0 aliphatic carbocycles. The summed E-state index contributed by atoms with van der Waals surface area (Å²) in [6.45, 7) is 4.15. The first kappa shape index (κ1) is 22.2. The van der Waals surface area contributed by atoms with Crippen LogP contribution in [0.5, 0.6) is 0 Å². The minimum absolute atomic E-state index is 0.305. The molecule has 4 rings (SSSR count). The van der Waals surface area contributed by atoms with Gasteiger partial charge in [0.25, 0.3) is 0 Å². The fraction of sp³-hybridized carbons (Fsp3) is 0.120. The van der Waals surface area contributed by atoms with Crippen LogP contribution in [0.4, 0.5) is 10.1 Å². The molecule has 0 bridgehead atoms. The van der Waals surface area contributed by atoms with Crippen molar-refractivity contribution in [3.63, 3.8) is 0 Å². The van der Waals surface area contributed by atoms with Crippen molar-refractivity contribution in [3.05, 3.63) is 94.8 Å². The van der Waals surface area contributed by atoms with Gasteiger partial charge in [-0.25, -0.2) is 19.4 Å². The van der Waals surface area contributed by atoms with E-state index in [1.807, 2.05) is 55.0 Å². The van der Waals surface area contributed by atoms with E-state index in [0.29, 0.717) is 40.1 Å². The molecule has 0 saturated heterocycles. The summed E-state index contributed by atoms with van der Waals surface area (Å²) in [4.78, 5) is 13.4. The Hall–Kier alpha value is -4.02. The van der Waals surface area contributed by atoms with Gasteiger partial charge in [0.2, 0.25) is 5.96 Å². The number of hydrogen-bond donors (Lipinski definition) is 1. The fourth-order valence-electron chi connectivity index (χ4n) is 3.41. The van der Waals surface area contributed by atoms with Crippen molar-refractivity contribution >= 4 is 34.5 Å². The lowest BCUT2D eigenvalue weighted by atomic mass is 10.0. The molecule has 164 valence electrons. The molecule has 0 amide bonds. The monoisotopic (exact) mass is 458 g/mol. The molecule has 0 saturated carbocycles. The van der Waals surface area contributed by atoms with Gasteiger partial charge in [-0.2, -0.15) is 5.26 Å². The van der Waals surface area contributed by atoms with E-state index in [2.05, 4.69) is 26.4 Å². The molecule has 33 heavy (non-hydrogen) atoms. The van der Waals surface area contributed by atoms with Crippen LogP contribution >= 0.6 is 11.6 Å². The molecule has 1 aromatic heterocycles. The Labute approximate surface area is 196 Å². The fourth-order valence-corrected chi connectivity index (χ4v) is 3.68. The van der Waals surface area contributed by atoms with Crippen molar-refractivity contribution < 1.29 is 4.39 Å². The van der Waals surface area contributed by atoms with E-state index >= 15 is 0 Å². The van der Waals surface area contributed by atoms with Crippen LogP contribution < -0.4 is 5.32 Å². The quantitative estimate of drug-likeness (QED) is 0.544. The summed E-state index contributed by atoms with van der Waals surface area (Å²) in [5, 5.41) is 13.2. The summed E-state index contributed by atoms with van der Waals surface area (Å²) in [6.07, 6.45) is 9.18. The third-order valence-corrected chi connectivity index (χ3v) is 5.31. The number of nitriles is 1. The SMILES string of the molecule is CC1=NC(Nc2ccc(-n3cnc(C)c3)c(C#N)c2)=NC/C=C/C=C1c1ccc(F)cc1Cl. The van der Waals surface area contributed by atoms with E-state index < -0.39 is 5.82 Å². The van der Waals surface area contributed by atoms with Gasteiger partial charge in [-0.15, -0.1) is 0 Å². The third-order valence-electron chi connectivity index (χ3n) is 4.99. The van der Waals surface area contributed by atoms with E-state index in [9.17, 15) is 9.65 Å². The topological polar surface area (TPSA) is 78.4 Å². The van der Waals surface area contributed by atoms with E-state index in [4.69, 9.17) is 11.6 Å². The minimum atomic E-state index is -0.399. The molecule has 8 heteroatoms. The summed E-state index contributed by atoms with van der Waals surface area (Å²) in [7, 11) is 0. The zero-order chi connectivity index (χ0) is 23.4. The summed E-state index contributed by atoms with van der Waals surface area (Å²) < 4.78 is 15.3. The summed E-state index contributed by atoms with van der Waals surface area (Å²) in [5.41, 5.74) is 4.86. The Balaban J connectivity index is 1.65. The van der Waals surface area contributed by atoms with Crippen molar-refractivity contribution in [2.45, 2.75) is 13.8 Å². The van der Waals surface area contributed by atoms with Crippen LogP contribution in [0, 0.1) is 24.1 Å². The van der Waals surface area contributed by atoms with E-state index in [0.717, 1.165) is 17.0 Å². The molecule has 0 spiro atoms. The largest absolute Gasteiger partial charge is 0.324 e. The Morgan fingerprint density at radius 1 is 1.18 bits per heavy atom. The van der Waals surface area contributed by atoms with Gasteiger partial charge in [0.15, 0.2) is 0 Å². The van der Waals surface area contributed by atoms with Gasteiger partial charge in [0, 0.05) is 28.7 Å². The number of anilines is 1. The molecule has 0 atom stereocenters. The molecule has 2 aromatic carbocycles. The molecule has 1 N–H and O–H groups in total. The molecule has 0 radical (unpaired) electrons. The Kier molecular flexibility index (Phi) is 6.48. The van der Waals surface area contributed by atoms with Gasteiger partial charge in [0.1, 0.15) is 11.9 Å². The number of nitrogens with one attached hydrogen (secondary N) is 1. The van der Waals surface area contributed by atoms with E-state index in [1.54, 1.807) is 18.5 Å². The average molecular weight is 459 g/mol. The molecule has 2 heterocycles. The molecule has 0 unspecified atom stereocenters. The van der Waals surface area contributed by atoms with Crippen molar-refractivity contribution in [1.82, 2.24) is 9.55 Å². The van der Waals surface area contributed by atoms with E-state index in [-0.39, 0.29) is 0 Å². The number of hydrogen-bond acceptors (Lipinski definition) is 5. The zero-order valence-electron chi connectivity index (χ0n) is 18.0. The molecular formula is C25H20ClFN6. The second-order valence-corrected chi connectivity index (χ2v) is 7.79. The van der Waals surface area contributed by atoms with Gasteiger partial charge in [-0.1, -0.05) is 29.8 Å². The van der Waals surface area contributed by atoms with Crippen molar-refractivity contribution in [2.75, 3.05) is 11.9 Å². The maximum atomic E-state index is 13.5. The van der Waals surface area contributed by atoms with Crippen molar-refractivity contribution in [2.24, 2.45) is 9.98 Å². The molecule has 3 aromatic rings. The summed E-state index contributed by atoms with van der Waals surface area (Å²) >= 11 is 6.29. The van der Waals surface area contributed by atoms with Gasteiger partial charge in [-0.3, -0.25) is 0 Å². The highest BCUT2D eigenvalue weighted by atomic mass is 35.5. The number of halogens is 2. The zero-order valence-corrected chi connectivity index (χ0v) is 18.8. The number of guanidine groups is 1. The van der Waals surface area contributed by atoms with Crippen LogP contribution in [0.3, 0.4) is 0 Å². The second kappa shape index (κ2) is 9.63. The van der Waals surface area contributed by atoms with Crippen LogP contribution in [0.1, 0.15) is 23.7 Å². The van der Waals surface area contributed by atoms with Crippen LogP contribution in [0.25, 0.3) is 11.3 Å². The normalized spacial score (nSPS) is 14.7. The number of aryl methyl sites for hydroxylation is 1. The van der Waals surface area contributed by atoms with Crippen molar-refractivity contribution in [1.29, 1.82) is 5.26 Å². The van der Waals surface area contributed by atoms with E-state index in [1.165, 1.54) is 12.1 Å². The highest BCUT2D eigenvalue weighted by molar-refractivity contribution is 6.36. The molecule has 6 nitrogen and oxygen atoms in total. The Morgan fingerprint density at radius 3 is 2.76 bits per heavy atom. The average Bonchev–Trinajstić information content (AvgIpc) is 3.24. The lowest BCUT2D eigenvalue weighted by molar-refractivity contribution is 0.628. The summed E-state index contributed by atoms with van der Waals surface area (Å²) in [6, 6.07) is 12.0. The first-order valence-corrected chi connectivity index (χ1v) is 10.6. The lowest BCUT2D eigenvalue weighted by Crippen LogP contribution is -2.13. The maximum absolute atomic E-state index is 13.5. The highest BCUT2D eigenvalue weighted by Gasteiger charge is 2.13.